The molecule has 0 aromatic carbocycles. The fourth-order valence-corrected chi connectivity index (χ4v) is 2.13. The summed E-state index contributed by atoms with van der Waals surface area (Å²) in [6.45, 7) is 8.20. The number of nitrogens with one attached hydrogen (secondary N) is 1. The van der Waals surface area contributed by atoms with E-state index in [-0.39, 0.29) is 0 Å². The maximum absolute atomic E-state index is 4.73. The fourth-order valence-electron chi connectivity index (χ4n) is 2.13. The molecule has 98 valence electrons. The van der Waals surface area contributed by atoms with Crippen LogP contribution in [0.15, 0.2) is 29.4 Å². The lowest BCUT2D eigenvalue weighted by Crippen LogP contribution is -2.25. The Hall–Kier alpha value is -1.62. The van der Waals surface area contributed by atoms with E-state index in [2.05, 4.69) is 59.3 Å². The second kappa shape index (κ2) is 5.82. The number of aromatic nitrogens is 3. The Morgan fingerprint density at radius 2 is 2.28 bits per heavy atom. The molecule has 1 N–H and O–H groups in total. The number of rotatable bonds is 6. The molecule has 1 atom stereocenters. The van der Waals surface area contributed by atoms with Crippen molar-refractivity contribution in [3.05, 3.63) is 36.2 Å². The Balaban J connectivity index is 2.08. The molecule has 5 heteroatoms. The third-order valence-electron chi connectivity index (χ3n) is 2.95. The number of hydrogen-bond donors (Lipinski definition) is 1. The van der Waals surface area contributed by atoms with Crippen molar-refractivity contribution in [2.24, 2.45) is 5.92 Å². The zero-order chi connectivity index (χ0) is 13.0. The highest BCUT2D eigenvalue weighted by molar-refractivity contribution is 5.16. The summed E-state index contributed by atoms with van der Waals surface area (Å²) >= 11 is 0. The average Bonchev–Trinajstić information content (AvgIpc) is 2.97. The molecule has 2 rings (SSSR count). The fraction of sp³-hybridized carbons (Fsp3) is 0.538. The van der Waals surface area contributed by atoms with Crippen LogP contribution in [-0.2, 0) is 6.54 Å². The van der Waals surface area contributed by atoms with E-state index in [1.807, 2.05) is 0 Å². The van der Waals surface area contributed by atoms with Crippen LogP contribution in [0.4, 0.5) is 0 Å². The number of hydrogen-bond acceptors (Lipinski definition) is 4. The van der Waals surface area contributed by atoms with Gasteiger partial charge in [-0.2, -0.15) is 4.98 Å². The molecule has 0 aliphatic heterocycles. The molecule has 0 aliphatic carbocycles. The molecule has 0 aliphatic rings. The number of nitrogens with zero attached hydrogens (tertiary/aromatic N) is 3. The first-order valence-electron chi connectivity index (χ1n) is 6.35. The molecule has 5 nitrogen and oxygen atoms in total. The van der Waals surface area contributed by atoms with E-state index in [1.165, 1.54) is 12.0 Å². The van der Waals surface area contributed by atoms with Gasteiger partial charge in [0, 0.05) is 18.4 Å². The van der Waals surface area contributed by atoms with Crippen LogP contribution in [0, 0.1) is 5.92 Å². The molecule has 2 aromatic rings. The van der Waals surface area contributed by atoms with Gasteiger partial charge in [-0.1, -0.05) is 25.9 Å². The van der Waals surface area contributed by atoms with E-state index in [9.17, 15) is 0 Å². The molecule has 0 spiro atoms. The maximum atomic E-state index is 4.73. The Bertz CT molecular complexity index is 461. The highest BCUT2D eigenvalue weighted by Gasteiger charge is 2.15. The summed E-state index contributed by atoms with van der Waals surface area (Å²) in [7, 11) is 0. The van der Waals surface area contributed by atoms with Gasteiger partial charge in [-0.3, -0.25) is 0 Å². The van der Waals surface area contributed by atoms with Crippen molar-refractivity contribution in [3.63, 3.8) is 0 Å². The quantitative estimate of drug-likeness (QED) is 0.851. The van der Waals surface area contributed by atoms with Gasteiger partial charge in [-0.25, -0.2) is 0 Å². The van der Waals surface area contributed by atoms with E-state index >= 15 is 0 Å². The minimum Gasteiger partial charge on any atom is -0.346 e. The van der Waals surface area contributed by atoms with Crippen LogP contribution in [0.2, 0.25) is 0 Å². The van der Waals surface area contributed by atoms with Gasteiger partial charge in [-0.15, -0.1) is 0 Å². The first-order valence-corrected chi connectivity index (χ1v) is 6.35. The summed E-state index contributed by atoms with van der Waals surface area (Å²) in [6.07, 6.45) is 5.55. The van der Waals surface area contributed by atoms with E-state index in [0.29, 0.717) is 24.3 Å². The largest absolute Gasteiger partial charge is 0.346 e. The van der Waals surface area contributed by atoms with Crippen molar-refractivity contribution in [1.29, 1.82) is 0 Å². The van der Waals surface area contributed by atoms with Crippen LogP contribution >= 0.6 is 0 Å². The molecule has 2 heterocycles. The van der Waals surface area contributed by atoms with Gasteiger partial charge in [-0.05, 0) is 24.1 Å². The third kappa shape index (κ3) is 2.98. The Labute approximate surface area is 107 Å². The molecular weight excluding hydrogens is 228 g/mol. The molecule has 2 aromatic heterocycles. The first kappa shape index (κ1) is 12.8. The maximum Gasteiger partial charge on any atom is 0.213 e. The average molecular weight is 248 g/mol. The standard InChI is InChI=1S/C13H20N4O/c1-4-14-13(10(2)3)11-5-6-17(7-11)8-12-15-9-18-16-12/h5-7,9-10,13-14H,4,8H2,1-3H3. The smallest absolute Gasteiger partial charge is 0.213 e. The Morgan fingerprint density at radius 1 is 1.44 bits per heavy atom. The van der Waals surface area contributed by atoms with Gasteiger partial charge in [0.25, 0.3) is 0 Å². The zero-order valence-corrected chi connectivity index (χ0v) is 11.1. The van der Waals surface area contributed by atoms with E-state index in [4.69, 9.17) is 4.52 Å². The Morgan fingerprint density at radius 3 is 2.89 bits per heavy atom. The van der Waals surface area contributed by atoms with E-state index in [0.717, 1.165) is 6.54 Å². The van der Waals surface area contributed by atoms with Gasteiger partial charge < -0.3 is 14.4 Å². The molecule has 18 heavy (non-hydrogen) atoms. The summed E-state index contributed by atoms with van der Waals surface area (Å²) in [4.78, 5) is 4.02. The van der Waals surface area contributed by atoms with Crippen LogP contribution in [0.25, 0.3) is 0 Å². The van der Waals surface area contributed by atoms with Crippen molar-refractivity contribution < 1.29 is 4.52 Å². The van der Waals surface area contributed by atoms with E-state index in [1.54, 1.807) is 0 Å². The van der Waals surface area contributed by atoms with Gasteiger partial charge in [0.2, 0.25) is 6.39 Å². The minimum atomic E-state index is 0.390. The van der Waals surface area contributed by atoms with Crippen LogP contribution in [-0.4, -0.2) is 21.3 Å². The molecule has 0 amide bonds. The first-order chi connectivity index (χ1) is 8.70. The Kier molecular flexibility index (Phi) is 4.15. The molecule has 0 radical (unpaired) electrons. The molecule has 0 saturated carbocycles. The van der Waals surface area contributed by atoms with Crippen molar-refractivity contribution in [2.75, 3.05) is 6.54 Å². The van der Waals surface area contributed by atoms with Crippen LogP contribution in [0.3, 0.4) is 0 Å². The molecular formula is C13H20N4O. The monoisotopic (exact) mass is 248 g/mol. The van der Waals surface area contributed by atoms with E-state index < -0.39 is 0 Å². The molecule has 0 fully saturated rings. The summed E-state index contributed by atoms with van der Waals surface area (Å²) in [5, 5.41) is 7.32. The molecule has 0 bridgehead atoms. The van der Waals surface area contributed by atoms with Gasteiger partial charge in [0.05, 0.1) is 6.54 Å². The lowest BCUT2D eigenvalue weighted by Gasteiger charge is -2.20. The lowest BCUT2D eigenvalue weighted by atomic mass is 9.98. The highest BCUT2D eigenvalue weighted by atomic mass is 16.5. The van der Waals surface area contributed by atoms with Crippen molar-refractivity contribution in [3.8, 4) is 0 Å². The zero-order valence-electron chi connectivity index (χ0n) is 11.1. The van der Waals surface area contributed by atoms with Crippen molar-refractivity contribution in [2.45, 2.75) is 33.4 Å². The summed E-state index contributed by atoms with van der Waals surface area (Å²) in [5.74, 6) is 1.26. The predicted molar refractivity (Wildman–Crippen MR) is 69.1 cm³/mol. The second-order valence-corrected chi connectivity index (χ2v) is 4.74. The van der Waals surface area contributed by atoms with Gasteiger partial charge >= 0.3 is 0 Å². The van der Waals surface area contributed by atoms with Gasteiger partial charge in [0.15, 0.2) is 5.82 Å². The lowest BCUT2D eigenvalue weighted by molar-refractivity contribution is 0.408. The molecule has 0 saturated heterocycles. The third-order valence-corrected chi connectivity index (χ3v) is 2.95. The van der Waals surface area contributed by atoms with Crippen LogP contribution in [0.1, 0.15) is 38.2 Å². The summed E-state index contributed by atoms with van der Waals surface area (Å²) < 4.78 is 6.81. The summed E-state index contributed by atoms with van der Waals surface area (Å²) in [6, 6.07) is 2.54. The van der Waals surface area contributed by atoms with Crippen molar-refractivity contribution >= 4 is 0 Å². The predicted octanol–water partition coefficient (Wildman–Crippen LogP) is 2.23. The second-order valence-electron chi connectivity index (χ2n) is 4.74. The summed E-state index contributed by atoms with van der Waals surface area (Å²) in [5.41, 5.74) is 1.30. The van der Waals surface area contributed by atoms with Crippen molar-refractivity contribution in [1.82, 2.24) is 20.0 Å². The minimum absolute atomic E-state index is 0.390. The van der Waals surface area contributed by atoms with Gasteiger partial charge in [0.1, 0.15) is 0 Å². The SMILES string of the molecule is CCNC(c1ccn(Cc2ncon2)c1)C(C)C. The highest BCUT2D eigenvalue weighted by Crippen LogP contribution is 2.21. The van der Waals surface area contributed by atoms with Crippen LogP contribution < -0.4 is 5.32 Å². The normalized spacial score (nSPS) is 13.1. The molecule has 1 unspecified atom stereocenters. The topological polar surface area (TPSA) is 55.9 Å². The van der Waals surface area contributed by atoms with Crippen LogP contribution in [0.5, 0.6) is 0 Å².